The third kappa shape index (κ3) is 4.51. The zero-order valence-corrected chi connectivity index (χ0v) is 13.4. The molecule has 108 valence electrons. The molecule has 3 nitrogen and oxygen atoms in total. The van der Waals surface area contributed by atoms with Gasteiger partial charge >= 0.3 is 0 Å². The maximum absolute atomic E-state index is 6.10. The Bertz CT molecular complexity index is 363. The van der Waals surface area contributed by atoms with Crippen LogP contribution >= 0.6 is 15.9 Å². The highest BCUT2D eigenvalue weighted by Crippen LogP contribution is 2.29. The van der Waals surface area contributed by atoms with Gasteiger partial charge in [-0.3, -0.25) is 0 Å². The molecule has 0 spiro atoms. The zero-order valence-electron chi connectivity index (χ0n) is 11.8. The van der Waals surface area contributed by atoms with Crippen LogP contribution in [0.2, 0.25) is 0 Å². The second kappa shape index (κ2) is 7.93. The SMILES string of the molecule is Nc1c(Br)cnn1C1CCCCCCCCCCC1. The number of hydrogen-bond donors (Lipinski definition) is 1. The quantitative estimate of drug-likeness (QED) is 0.782. The van der Waals surface area contributed by atoms with Gasteiger partial charge in [-0.2, -0.15) is 5.10 Å². The van der Waals surface area contributed by atoms with Gasteiger partial charge < -0.3 is 5.73 Å². The van der Waals surface area contributed by atoms with Gasteiger partial charge in [-0.05, 0) is 28.8 Å². The maximum Gasteiger partial charge on any atom is 0.136 e. The second-order valence-corrected chi connectivity index (χ2v) is 6.59. The molecule has 0 aromatic carbocycles. The van der Waals surface area contributed by atoms with Crippen molar-refractivity contribution in [2.24, 2.45) is 0 Å². The smallest absolute Gasteiger partial charge is 0.136 e. The predicted molar refractivity (Wildman–Crippen MR) is 84.2 cm³/mol. The Morgan fingerprint density at radius 1 is 0.947 bits per heavy atom. The minimum absolute atomic E-state index is 0.491. The van der Waals surface area contributed by atoms with E-state index < -0.39 is 0 Å². The summed E-state index contributed by atoms with van der Waals surface area (Å²) in [5.74, 6) is 0.789. The molecule has 1 aromatic rings. The molecule has 2 rings (SSSR count). The molecule has 0 atom stereocenters. The highest BCUT2D eigenvalue weighted by atomic mass is 79.9. The van der Waals surface area contributed by atoms with E-state index in [2.05, 4.69) is 21.0 Å². The largest absolute Gasteiger partial charge is 0.383 e. The van der Waals surface area contributed by atoms with Crippen molar-refractivity contribution in [3.05, 3.63) is 10.7 Å². The second-order valence-electron chi connectivity index (χ2n) is 5.74. The third-order valence-electron chi connectivity index (χ3n) is 4.21. The monoisotopic (exact) mass is 327 g/mol. The van der Waals surface area contributed by atoms with Gasteiger partial charge in [0.1, 0.15) is 5.82 Å². The van der Waals surface area contributed by atoms with Crippen molar-refractivity contribution < 1.29 is 0 Å². The van der Waals surface area contributed by atoms with E-state index in [0.29, 0.717) is 6.04 Å². The van der Waals surface area contributed by atoms with Gasteiger partial charge in [-0.25, -0.2) is 4.68 Å². The first kappa shape index (κ1) is 14.9. The molecule has 1 saturated carbocycles. The van der Waals surface area contributed by atoms with E-state index in [1.54, 1.807) is 0 Å². The summed E-state index contributed by atoms with van der Waals surface area (Å²) in [5, 5.41) is 4.45. The average Bonchev–Trinajstić information content (AvgIpc) is 2.71. The molecular formula is C15H26BrN3. The average molecular weight is 328 g/mol. The zero-order chi connectivity index (χ0) is 13.5. The van der Waals surface area contributed by atoms with Crippen molar-refractivity contribution in [1.82, 2.24) is 9.78 Å². The van der Waals surface area contributed by atoms with Crippen LogP contribution in [0.5, 0.6) is 0 Å². The molecule has 4 heteroatoms. The number of anilines is 1. The first-order valence-electron chi connectivity index (χ1n) is 7.77. The van der Waals surface area contributed by atoms with Gasteiger partial charge in [-0.15, -0.1) is 0 Å². The number of halogens is 1. The molecule has 1 heterocycles. The topological polar surface area (TPSA) is 43.8 Å². The number of nitrogen functional groups attached to an aromatic ring is 1. The summed E-state index contributed by atoms with van der Waals surface area (Å²) in [7, 11) is 0. The van der Waals surface area contributed by atoms with Crippen molar-refractivity contribution in [2.75, 3.05) is 5.73 Å². The summed E-state index contributed by atoms with van der Waals surface area (Å²) in [6.45, 7) is 0. The van der Waals surface area contributed by atoms with Crippen LogP contribution in [-0.2, 0) is 0 Å². The lowest BCUT2D eigenvalue weighted by Crippen LogP contribution is -2.14. The summed E-state index contributed by atoms with van der Waals surface area (Å²) in [4.78, 5) is 0. The van der Waals surface area contributed by atoms with Gasteiger partial charge in [-0.1, -0.05) is 57.8 Å². The summed E-state index contributed by atoms with van der Waals surface area (Å²) < 4.78 is 2.97. The fourth-order valence-corrected chi connectivity index (χ4v) is 3.30. The standard InChI is InChI=1S/C15H26BrN3/c16-14-12-18-19(15(14)17)13-10-8-6-4-2-1-3-5-7-9-11-13/h12-13H,1-11,17H2. The first-order valence-corrected chi connectivity index (χ1v) is 8.57. The van der Waals surface area contributed by atoms with E-state index >= 15 is 0 Å². The Balaban J connectivity index is 1.96. The highest BCUT2D eigenvalue weighted by Gasteiger charge is 2.16. The third-order valence-corrected chi connectivity index (χ3v) is 4.82. The molecule has 1 aliphatic carbocycles. The number of aromatic nitrogens is 2. The Morgan fingerprint density at radius 3 is 1.84 bits per heavy atom. The lowest BCUT2D eigenvalue weighted by molar-refractivity contribution is 0.365. The normalized spacial score (nSPS) is 20.7. The molecule has 1 fully saturated rings. The van der Waals surface area contributed by atoms with Crippen LogP contribution in [0.4, 0.5) is 5.82 Å². The van der Waals surface area contributed by atoms with Crippen LogP contribution in [0.1, 0.15) is 76.7 Å². The Labute approximate surface area is 125 Å². The number of hydrogen-bond acceptors (Lipinski definition) is 2. The van der Waals surface area contributed by atoms with E-state index in [-0.39, 0.29) is 0 Å². The van der Waals surface area contributed by atoms with Gasteiger partial charge in [0.15, 0.2) is 0 Å². The predicted octanol–water partition coefficient (Wildman–Crippen LogP) is 5.07. The minimum atomic E-state index is 0.491. The lowest BCUT2D eigenvalue weighted by atomic mass is 9.98. The molecule has 0 bridgehead atoms. The van der Waals surface area contributed by atoms with Crippen LogP contribution in [0.15, 0.2) is 10.7 Å². The van der Waals surface area contributed by atoms with Crippen molar-refractivity contribution in [3.8, 4) is 0 Å². The van der Waals surface area contributed by atoms with Crippen molar-refractivity contribution >= 4 is 21.7 Å². The van der Waals surface area contributed by atoms with Crippen molar-refractivity contribution in [1.29, 1.82) is 0 Å². The summed E-state index contributed by atoms with van der Waals surface area (Å²) >= 11 is 3.46. The van der Waals surface area contributed by atoms with Gasteiger partial charge in [0.25, 0.3) is 0 Å². The van der Waals surface area contributed by atoms with E-state index in [1.165, 1.54) is 70.6 Å². The van der Waals surface area contributed by atoms with Gasteiger partial charge in [0, 0.05) is 0 Å². The van der Waals surface area contributed by atoms with Crippen molar-refractivity contribution in [3.63, 3.8) is 0 Å². The molecule has 0 unspecified atom stereocenters. The molecule has 19 heavy (non-hydrogen) atoms. The van der Waals surface area contributed by atoms with Crippen LogP contribution in [-0.4, -0.2) is 9.78 Å². The van der Waals surface area contributed by atoms with E-state index in [4.69, 9.17) is 5.73 Å². The Hall–Kier alpha value is -0.510. The van der Waals surface area contributed by atoms with E-state index in [0.717, 1.165) is 10.3 Å². The molecule has 2 N–H and O–H groups in total. The molecule has 0 radical (unpaired) electrons. The summed E-state index contributed by atoms with van der Waals surface area (Å²) in [6, 6.07) is 0.491. The van der Waals surface area contributed by atoms with Gasteiger partial charge in [0.05, 0.1) is 16.7 Å². The molecule has 1 aliphatic rings. The van der Waals surface area contributed by atoms with Crippen LogP contribution in [0.25, 0.3) is 0 Å². The van der Waals surface area contributed by atoms with E-state index in [9.17, 15) is 0 Å². The molecule has 1 aromatic heterocycles. The van der Waals surface area contributed by atoms with Gasteiger partial charge in [0.2, 0.25) is 0 Å². The molecule has 0 saturated heterocycles. The fraction of sp³-hybridized carbons (Fsp3) is 0.800. The van der Waals surface area contributed by atoms with Crippen LogP contribution in [0.3, 0.4) is 0 Å². The Morgan fingerprint density at radius 2 is 1.42 bits per heavy atom. The summed E-state index contributed by atoms with van der Waals surface area (Å²) in [5.41, 5.74) is 6.10. The van der Waals surface area contributed by atoms with Crippen LogP contribution < -0.4 is 5.73 Å². The molecule has 0 aliphatic heterocycles. The number of nitrogens with zero attached hydrogens (tertiary/aromatic N) is 2. The molecule has 0 amide bonds. The number of rotatable bonds is 1. The van der Waals surface area contributed by atoms with E-state index in [1.807, 2.05) is 10.9 Å². The summed E-state index contributed by atoms with van der Waals surface area (Å²) in [6.07, 6.45) is 16.7. The fourth-order valence-electron chi connectivity index (χ4n) is 3.03. The Kier molecular flexibility index (Phi) is 6.21. The molecular weight excluding hydrogens is 302 g/mol. The first-order chi connectivity index (χ1) is 9.29. The minimum Gasteiger partial charge on any atom is -0.383 e. The van der Waals surface area contributed by atoms with Crippen LogP contribution in [0, 0.1) is 0 Å². The number of nitrogens with two attached hydrogens (primary N) is 1. The lowest BCUT2D eigenvalue weighted by Gasteiger charge is -2.19. The maximum atomic E-state index is 6.10. The van der Waals surface area contributed by atoms with Crippen molar-refractivity contribution in [2.45, 2.75) is 76.7 Å². The highest BCUT2D eigenvalue weighted by molar-refractivity contribution is 9.10.